The average Bonchev–Trinajstić information content (AvgIpc) is 2.67. The van der Waals surface area contributed by atoms with Crippen molar-refractivity contribution in [1.82, 2.24) is 5.43 Å². The van der Waals surface area contributed by atoms with Gasteiger partial charge in [0.2, 0.25) is 0 Å². The molecule has 0 bridgehead atoms. The van der Waals surface area contributed by atoms with Crippen LogP contribution in [-0.2, 0) is 13.2 Å². The van der Waals surface area contributed by atoms with Crippen LogP contribution in [0.1, 0.15) is 16.7 Å². The third kappa shape index (κ3) is 5.74. The van der Waals surface area contributed by atoms with E-state index in [4.69, 9.17) is 27.9 Å². The molecular weight excluding hydrogens is 527 g/mol. The second-order valence-electron chi connectivity index (χ2n) is 5.87. The Morgan fingerprint density at radius 2 is 1.68 bits per heavy atom. The maximum Gasteiger partial charge on any atom is 0.142 e. The van der Waals surface area contributed by atoms with Crippen LogP contribution in [0.4, 0.5) is 0 Å². The molecule has 0 radical (unpaired) electrons. The summed E-state index contributed by atoms with van der Waals surface area (Å²) in [5, 5.41) is 5.51. The minimum Gasteiger partial charge on any atom is -0.487 e. The molecule has 7 heteroatoms. The van der Waals surface area contributed by atoms with Gasteiger partial charge in [0.25, 0.3) is 0 Å². The molecule has 0 unspecified atom stereocenters. The zero-order valence-electron chi connectivity index (χ0n) is 14.6. The molecular formula is C21H16Br2Cl2N2O. The Morgan fingerprint density at radius 3 is 2.39 bits per heavy atom. The first-order valence-corrected chi connectivity index (χ1v) is 10.7. The molecule has 3 aromatic rings. The van der Waals surface area contributed by atoms with Crippen LogP contribution in [0.5, 0.6) is 5.75 Å². The maximum absolute atomic E-state index is 6.18. The van der Waals surface area contributed by atoms with Gasteiger partial charge in [0.05, 0.1) is 17.2 Å². The molecule has 0 spiro atoms. The number of ether oxygens (including phenoxy) is 1. The van der Waals surface area contributed by atoms with Gasteiger partial charge in [-0.25, -0.2) is 0 Å². The van der Waals surface area contributed by atoms with Gasteiger partial charge in [0.15, 0.2) is 0 Å². The monoisotopic (exact) mass is 540 g/mol. The fourth-order valence-corrected chi connectivity index (χ4v) is 4.40. The van der Waals surface area contributed by atoms with E-state index >= 15 is 0 Å². The normalized spacial score (nSPS) is 11.0. The average molecular weight is 543 g/mol. The summed E-state index contributed by atoms with van der Waals surface area (Å²) < 4.78 is 7.79. The molecule has 3 nitrogen and oxygen atoms in total. The molecule has 28 heavy (non-hydrogen) atoms. The molecule has 0 atom stereocenters. The number of hydrazone groups is 1. The second-order valence-corrected chi connectivity index (χ2v) is 8.46. The SMILES string of the molecule is Clc1cccc(Cl)c1CN/N=C/c1cc(Br)cc(Br)c1OCc1ccccc1. The van der Waals surface area contributed by atoms with Gasteiger partial charge >= 0.3 is 0 Å². The lowest BCUT2D eigenvalue weighted by atomic mass is 10.2. The van der Waals surface area contributed by atoms with E-state index in [1.54, 1.807) is 18.3 Å². The zero-order valence-corrected chi connectivity index (χ0v) is 19.3. The summed E-state index contributed by atoms with van der Waals surface area (Å²) >= 11 is 19.4. The number of hydrogen-bond acceptors (Lipinski definition) is 3. The van der Waals surface area contributed by atoms with Gasteiger partial charge in [-0.1, -0.05) is 75.5 Å². The van der Waals surface area contributed by atoms with Crippen molar-refractivity contribution in [1.29, 1.82) is 0 Å². The van der Waals surface area contributed by atoms with Crippen LogP contribution in [0.3, 0.4) is 0 Å². The lowest BCUT2D eigenvalue weighted by Crippen LogP contribution is -2.07. The van der Waals surface area contributed by atoms with Gasteiger partial charge in [-0.05, 0) is 45.8 Å². The second kappa shape index (κ2) is 10.3. The van der Waals surface area contributed by atoms with Gasteiger partial charge in [0.1, 0.15) is 12.4 Å². The Kier molecular flexibility index (Phi) is 7.80. The summed E-state index contributed by atoms with van der Waals surface area (Å²) in [6.45, 7) is 0.884. The van der Waals surface area contributed by atoms with Gasteiger partial charge in [-0.3, -0.25) is 0 Å². The van der Waals surface area contributed by atoms with Crippen molar-refractivity contribution in [3.05, 3.63) is 96.3 Å². The Morgan fingerprint density at radius 1 is 0.964 bits per heavy atom. The first-order chi connectivity index (χ1) is 13.5. The molecule has 0 aliphatic rings. The molecule has 0 aliphatic heterocycles. The van der Waals surface area contributed by atoms with E-state index in [-0.39, 0.29) is 0 Å². The van der Waals surface area contributed by atoms with E-state index in [9.17, 15) is 0 Å². The molecule has 1 N–H and O–H groups in total. The van der Waals surface area contributed by atoms with Gasteiger partial charge in [0, 0.05) is 25.6 Å². The Labute approximate surface area is 191 Å². The molecule has 144 valence electrons. The van der Waals surface area contributed by atoms with E-state index in [1.165, 1.54) is 0 Å². The van der Waals surface area contributed by atoms with E-state index < -0.39 is 0 Å². The molecule has 0 saturated heterocycles. The van der Waals surface area contributed by atoms with Crippen LogP contribution in [0.25, 0.3) is 0 Å². The van der Waals surface area contributed by atoms with Crippen LogP contribution in [0.15, 0.2) is 74.7 Å². The van der Waals surface area contributed by atoms with Gasteiger partial charge in [-0.2, -0.15) is 5.10 Å². The largest absolute Gasteiger partial charge is 0.487 e. The summed E-state index contributed by atoms with van der Waals surface area (Å²) in [5.41, 5.74) is 5.71. The predicted molar refractivity (Wildman–Crippen MR) is 124 cm³/mol. The molecule has 0 heterocycles. The number of rotatable bonds is 7. The van der Waals surface area contributed by atoms with Crippen molar-refractivity contribution < 1.29 is 4.74 Å². The summed E-state index contributed by atoms with van der Waals surface area (Å²) in [6.07, 6.45) is 1.71. The highest BCUT2D eigenvalue weighted by atomic mass is 79.9. The molecule has 0 amide bonds. The van der Waals surface area contributed by atoms with E-state index in [0.717, 1.165) is 25.6 Å². The Balaban J connectivity index is 1.72. The molecule has 0 saturated carbocycles. The summed E-state index contributed by atoms with van der Waals surface area (Å²) in [7, 11) is 0. The number of benzene rings is 3. The van der Waals surface area contributed by atoms with Crippen molar-refractivity contribution in [2.45, 2.75) is 13.2 Å². The van der Waals surface area contributed by atoms with Crippen LogP contribution in [0, 0.1) is 0 Å². The molecule has 0 fully saturated rings. The van der Waals surface area contributed by atoms with Crippen molar-refractivity contribution >= 4 is 61.3 Å². The fourth-order valence-electron chi connectivity index (χ4n) is 2.50. The molecule has 3 rings (SSSR count). The number of nitrogens with one attached hydrogen (secondary N) is 1. The highest BCUT2D eigenvalue weighted by Crippen LogP contribution is 2.32. The quantitative estimate of drug-likeness (QED) is 0.252. The topological polar surface area (TPSA) is 33.6 Å². The first-order valence-electron chi connectivity index (χ1n) is 8.39. The Bertz CT molecular complexity index is 961. The van der Waals surface area contributed by atoms with Crippen LogP contribution in [-0.4, -0.2) is 6.21 Å². The minimum absolute atomic E-state index is 0.421. The molecule has 3 aromatic carbocycles. The van der Waals surface area contributed by atoms with Crippen LogP contribution in [0.2, 0.25) is 10.0 Å². The third-order valence-corrected chi connectivity index (χ3v) is 5.63. The highest BCUT2D eigenvalue weighted by Gasteiger charge is 2.10. The highest BCUT2D eigenvalue weighted by molar-refractivity contribution is 9.11. The number of hydrogen-bond donors (Lipinski definition) is 1. The molecule has 0 aliphatic carbocycles. The smallest absolute Gasteiger partial charge is 0.142 e. The first kappa shape index (κ1) is 21.2. The molecule has 0 aromatic heterocycles. The van der Waals surface area contributed by atoms with Gasteiger partial charge in [-0.15, -0.1) is 0 Å². The van der Waals surface area contributed by atoms with Crippen LogP contribution < -0.4 is 10.2 Å². The maximum atomic E-state index is 6.18. The van der Waals surface area contributed by atoms with Crippen molar-refractivity contribution in [3.63, 3.8) is 0 Å². The van der Waals surface area contributed by atoms with Crippen molar-refractivity contribution in [2.24, 2.45) is 5.10 Å². The third-order valence-electron chi connectivity index (χ3n) is 3.88. The van der Waals surface area contributed by atoms with E-state index in [0.29, 0.717) is 28.9 Å². The summed E-state index contributed by atoms with van der Waals surface area (Å²) in [6, 6.07) is 19.3. The zero-order chi connectivity index (χ0) is 19.9. The Hall–Kier alpha value is -1.53. The van der Waals surface area contributed by atoms with Gasteiger partial charge < -0.3 is 10.2 Å². The standard InChI is InChI=1S/C21H16Br2Cl2N2O/c22-16-9-15(11-26-27-12-17-19(24)7-4-8-20(17)25)21(18(23)10-16)28-13-14-5-2-1-3-6-14/h1-11,27H,12-13H2/b26-11+. The van der Waals surface area contributed by atoms with E-state index in [2.05, 4.69) is 42.4 Å². The fraction of sp³-hybridized carbons (Fsp3) is 0.0952. The van der Waals surface area contributed by atoms with E-state index in [1.807, 2.05) is 48.5 Å². The van der Waals surface area contributed by atoms with Crippen LogP contribution >= 0.6 is 55.1 Å². The predicted octanol–water partition coefficient (Wildman–Crippen LogP) is 7.22. The summed E-state index contributed by atoms with van der Waals surface area (Å²) in [4.78, 5) is 0. The minimum atomic E-state index is 0.421. The number of halogens is 4. The summed E-state index contributed by atoms with van der Waals surface area (Å²) in [5.74, 6) is 0.716. The van der Waals surface area contributed by atoms with Crippen molar-refractivity contribution in [2.75, 3.05) is 0 Å². The lowest BCUT2D eigenvalue weighted by Gasteiger charge is -2.12. The lowest BCUT2D eigenvalue weighted by molar-refractivity contribution is 0.304. The van der Waals surface area contributed by atoms with Crippen molar-refractivity contribution in [3.8, 4) is 5.75 Å². The number of nitrogens with zero attached hydrogens (tertiary/aromatic N) is 1.